The van der Waals surface area contributed by atoms with Crippen molar-refractivity contribution in [1.82, 2.24) is 10.6 Å². The van der Waals surface area contributed by atoms with E-state index in [4.69, 9.17) is 9.47 Å². The molecule has 1 fully saturated rings. The van der Waals surface area contributed by atoms with Crippen molar-refractivity contribution in [1.29, 1.82) is 0 Å². The molecule has 2 aromatic carbocycles. The van der Waals surface area contributed by atoms with Gasteiger partial charge in [0.2, 0.25) is 11.8 Å². The van der Waals surface area contributed by atoms with E-state index in [1.54, 1.807) is 41.8 Å². The van der Waals surface area contributed by atoms with Crippen LogP contribution in [0, 0.1) is 0 Å². The van der Waals surface area contributed by atoms with Gasteiger partial charge in [-0.15, -0.1) is 11.3 Å². The van der Waals surface area contributed by atoms with Crippen molar-refractivity contribution in [3.05, 3.63) is 82.6 Å². The number of carbonyl (C=O) groups excluding carboxylic acids is 3. The highest BCUT2D eigenvalue weighted by Crippen LogP contribution is 2.30. The van der Waals surface area contributed by atoms with Gasteiger partial charge in [0.05, 0.1) is 24.1 Å². The Morgan fingerprint density at radius 3 is 2.49 bits per heavy atom. The van der Waals surface area contributed by atoms with Crippen molar-refractivity contribution >= 4 is 34.7 Å². The number of hydrogen-bond acceptors (Lipinski definition) is 6. The van der Waals surface area contributed by atoms with Gasteiger partial charge >= 0.3 is 0 Å². The summed E-state index contributed by atoms with van der Waals surface area (Å²) in [6, 6.07) is 18.7. The summed E-state index contributed by atoms with van der Waals surface area (Å²) in [6.45, 7) is 3.18. The first-order valence-electron chi connectivity index (χ1n) is 12.4. The standard InChI is InChI=1S/C28H31N3O5S/c1-2-35-22-14-12-21(13-15-22)31(25(32)19-30-27(33)24-11-7-17-37-24)26(20-8-4-3-5-9-20)28(34)29-18-23-10-6-16-36-23/h3-5,7-9,11-15,17,23,26H,2,6,10,16,18-19H2,1H3,(H,29,34)(H,30,33)/t23-,26+/m1/s1. The van der Waals surface area contributed by atoms with E-state index in [1.807, 2.05) is 37.3 Å². The zero-order chi connectivity index (χ0) is 26.0. The Kier molecular flexibility index (Phi) is 9.29. The summed E-state index contributed by atoms with van der Waals surface area (Å²) < 4.78 is 11.2. The lowest BCUT2D eigenvalue weighted by atomic mass is 10.0. The van der Waals surface area contributed by atoms with Crippen LogP contribution in [0.1, 0.15) is 41.0 Å². The summed E-state index contributed by atoms with van der Waals surface area (Å²) in [4.78, 5) is 41.8. The molecule has 1 aromatic heterocycles. The highest BCUT2D eigenvalue weighted by molar-refractivity contribution is 7.12. The highest BCUT2D eigenvalue weighted by Gasteiger charge is 2.33. The van der Waals surface area contributed by atoms with Gasteiger partial charge in [0.1, 0.15) is 11.8 Å². The summed E-state index contributed by atoms with van der Waals surface area (Å²) >= 11 is 1.29. The van der Waals surface area contributed by atoms with Crippen LogP contribution in [0.15, 0.2) is 72.1 Å². The van der Waals surface area contributed by atoms with Gasteiger partial charge < -0.3 is 20.1 Å². The van der Waals surface area contributed by atoms with E-state index >= 15 is 0 Å². The van der Waals surface area contributed by atoms with Gasteiger partial charge in [-0.05, 0) is 61.0 Å². The van der Waals surface area contributed by atoms with Gasteiger partial charge in [-0.1, -0.05) is 36.4 Å². The Hall–Kier alpha value is -3.69. The molecule has 37 heavy (non-hydrogen) atoms. The topological polar surface area (TPSA) is 97.0 Å². The molecule has 2 atom stereocenters. The first-order chi connectivity index (χ1) is 18.1. The number of nitrogens with one attached hydrogen (secondary N) is 2. The van der Waals surface area contributed by atoms with Crippen LogP contribution >= 0.6 is 11.3 Å². The molecule has 2 heterocycles. The van der Waals surface area contributed by atoms with Crippen molar-refractivity contribution in [2.75, 3.05) is 31.2 Å². The van der Waals surface area contributed by atoms with Crippen LogP contribution in [-0.4, -0.2) is 50.1 Å². The van der Waals surface area contributed by atoms with E-state index in [0.29, 0.717) is 41.6 Å². The number of rotatable bonds is 11. The normalized spacial score (nSPS) is 15.5. The Balaban J connectivity index is 1.63. The average Bonchev–Trinajstić information content (AvgIpc) is 3.65. The van der Waals surface area contributed by atoms with Crippen molar-refractivity contribution in [3.63, 3.8) is 0 Å². The van der Waals surface area contributed by atoms with Gasteiger partial charge in [0.15, 0.2) is 0 Å². The smallest absolute Gasteiger partial charge is 0.261 e. The number of amides is 3. The molecule has 4 rings (SSSR count). The number of ether oxygens (including phenoxy) is 2. The van der Waals surface area contributed by atoms with Gasteiger partial charge in [0, 0.05) is 18.8 Å². The lowest BCUT2D eigenvalue weighted by molar-refractivity contribution is -0.126. The van der Waals surface area contributed by atoms with Crippen LogP contribution in [0.4, 0.5) is 5.69 Å². The Morgan fingerprint density at radius 1 is 1.05 bits per heavy atom. The van der Waals surface area contributed by atoms with Crippen LogP contribution < -0.4 is 20.3 Å². The maximum atomic E-state index is 13.7. The predicted octanol–water partition coefficient (Wildman–Crippen LogP) is 3.95. The zero-order valence-corrected chi connectivity index (χ0v) is 21.5. The van der Waals surface area contributed by atoms with Crippen LogP contribution in [0.5, 0.6) is 5.75 Å². The maximum absolute atomic E-state index is 13.7. The molecule has 1 aliphatic heterocycles. The van der Waals surface area contributed by atoms with Gasteiger partial charge in [0.25, 0.3) is 5.91 Å². The molecule has 1 saturated heterocycles. The van der Waals surface area contributed by atoms with E-state index in [2.05, 4.69) is 10.6 Å². The largest absolute Gasteiger partial charge is 0.494 e. The number of benzene rings is 2. The van der Waals surface area contributed by atoms with Crippen molar-refractivity contribution < 1.29 is 23.9 Å². The summed E-state index contributed by atoms with van der Waals surface area (Å²) in [5.41, 5.74) is 1.17. The molecule has 0 aliphatic carbocycles. The number of nitrogens with zero attached hydrogens (tertiary/aromatic N) is 1. The maximum Gasteiger partial charge on any atom is 0.261 e. The molecule has 0 radical (unpaired) electrons. The number of hydrogen-bond donors (Lipinski definition) is 2. The minimum atomic E-state index is -0.952. The second-order valence-corrected chi connectivity index (χ2v) is 9.49. The second kappa shape index (κ2) is 13.0. The summed E-state index contributed by atoms with van der Waals surface area (Å²) in [6.07, 6.45) is 1.80. The van der Waals surface area contributed by atoms with Crippen molar-refractivity contribution in [2.24, 2.45) is 0 Å². The fourth-order valence-electron chi connectivity index (χ4n) is 4.21. The van der Waals surface area contributed by atoms with E-state index in [1.165, 1.54) is 16.2 Å². The lowest BCUT2D eigenvalue weighted by Gasteiger charge is -2.32. The van der Waals surface area contributed by atoms with Crippen LogP contribution in [0.3, 0.4) is 0 Å². The van der Waals surface area contributed by atoms with Crippen molar-refractivity contribution in [2.45, 2.75) is 31.9 Å². The first-order valence-corrected chi connectivity index (χ1v) is 13.3. The molecular formula is C28H31N3O5S. The minimum Gasteiger partial charge on any atom is -0.494 e. The molecule has 0 spiro atoms. The van der Waals surface area contributed by atoms with Crippen LogP contribution in [0.2, 0.25) is 0 Å². The number of anilines is 1. The Labute approximate surface area is 220 Å². The Morgan fingerprint density at radius 2 is 1.84 bits per heavy atom. The quantitative estimate of drug-likeness (QED) is 0.398. The van der Waals surface area contributed by atoms with E-state index in [0.717, 1.165) is 12.8 Å². The molecule has 0 saturated carbocycles. The summed E-state index contributed by atoms with van der Waals surface area (Å²) in [5.74, 6) is -0.429. The van der Waals surface area contributed by atoms with E-state index < -0.39 is 11.9 Å². The molecule has 3 aromatic rings. The van der Waals surface area contributed by atoms with E-state index in [-0.39, 0.29) is 24.5 Å². The molecule has 2 N–H and O–H groups in total. The third-order valence-electron chi connectivity index (χ3n) is 5.99. The van der Waals surface area contributed by atoms with Gasteiger partial charge in [-0.2, -0.15) is 0 Å². The highest BCUT2D eigenvalue weighted by atomic mass is 32.1. The number of carbonyl (C=O) groups is 3. The summed E-state index contributed by atoms with van der Waals surface area (Å²) in [5, 5.41) is 7.47. The lowest BCUT2D eigenvalue weighted by Crippen LogP contribution is -2.48. The average molecular weight is 522 g/mol. The molecule has 194 valence electrons. The predicted molar refractivity (Wildman–Crippen MR) is 143 cm³/mol. The fraction of sp³-hybridized carbons (Fsp3) is 0.321. The van der Waals surface area contributed by atoms with Crippen molar-refractivity contribution in [3.8, 4) is 5.75 Å². The molecule has 0 bridgehead atoms. The second-order valence-electron chi connectivity index (χ2n) is 8.54. The monoisotopic (exact) mass is 521 g/mol. The molecule has 8 nitrogen and oxygen atoms in total. The fourth-order valence-corrected chi connectivity index (χ4v) is 4.85. The SMILES string of the molecule is CCOc1ccc(N(C(=O)CNC(=O)c2cccs2)[C@H](C(=O)NC[C@H]2CCCO2)c2ccccc2)cc1. The molecule has 9 heteroatoms. The molecular weight excluding hydrogens is 490 g/mol. The van der Waals surface area contributed by atoms with Gasteiger partial charge in [-0.25, -0.2) is 0 Å². The third kappa shape index (κ3) is 6.96. The first kappa shape index (κ1) is 26.4. The van der Waals surface area contributed by atoms with E-state index in [9.17, 15) is 14.4 Å². The van der Waals surface area contributed by atoms with Crippen LogP contribution in [0.25, 0.3) is 0 Å². The molecule has 3 amide bonds. The Bertz CT molecular complexity index is 1160. The molecule has 1 aliphatic rings. The van der Waals surface area contributed by atoms with Crippen LogP contribution in [-0.2, 0) is 14.3 Å². The third-order valence-corrected chi connectivity index (χ3v) is 6.86. The molecule has 0 unspecified atom stereocenters. The minimum absolute atomic E-state index is 0.0416. The number of thiophene rings is 1. The van der Waals surface area contributed by atoms with Gasteiger partial charge in [-0.3, -0.25) is 19.3 Å². The zero-order valence-electron chi connectivity index (χ0n) is 20.7. The summed E-state index contributed by atoms with van der Waals surface area (Å²) in [7, 11) is 0.